The molecule has 1 fully saturated rings. The molecule has 2 heteroatoms. The summed E-state index contributed by atoms with van der Waals surface area (Å²) < 4.78 is 0. The van der Waals surface area contributed by atoms with Crippen LogP contribution in [0.2, 0.25) is 0 Å². The fraction of sp³-hybridized carbons (Fsp3) is 0.733. The predicted octanol–water partition coefficient (Wildman–Crippen LogP) is 4.10. The SMILES string of the molecule is CCCNCC1CCCCC1Cc1ccsc1. The van der Waals surface area contributed by atoms with Crippen molar-refractivity contribution in [3.8, 4) is 0 Å². The Morgan fingerprint density at radius 1 is 1.29 bits per heavy atom. The van der Waals surface area contributed by atoms with Crippen LogP contribution in [0.4, 0.5) is 0 Å². The zero-order valence-electron chi connectivity index (χ0n) is 11.0. The summed E-state index contributed by atoms with van der Waals surface area (Å²) in [6, 6.07) is 2.30. The Kier molecular flexibility index (Phi) is 5.53. The molecule has 1 N–H and O–H groups in total. The van der Waals surface area contributed by atoms with E-state index < -0.39 is 0 Å². The van der Waals surface area contributed by atoms with Crippen LogP contribution >= 0.6 is 11.3 Å². The average Bonchev–Trinajstić information content (AvgIpc) is 2.84. The lowest BCUT2D eigenvalue weighted by Crippen LogP contribution is -2.32. The Morgan fingerprint density at radius 3 is 2.82 bits per heavy atom. The number of hydrogen-bond donors (Lipinski definition) is 1. The molecular formula is C15H25NS. The van der Waals surface area contributed by atoms with Gasteiger partial charge in [-0.15, -0.1) is 0 Å². The van der Waals surface area contributed by atoms with E-state index in [2.05, 4.69) is 29.1 Å². The van der Waals surface area contributed by atoms with E-state index in [4.69, 9.17) is 0 Å². The lowest BCUT2D eigenvalue weighted by atomic mass is 9.76. The third kappa shape index (κ3) is 4.11. The Morgan fingerprint density at radius 2 is 2.12 bits per heavy atom. The van der Waals surface area contributed by atoms with Crippen molar-refractivity contribution in [3.05, 3.63) is 22.4 Å². The lowest BCUT2D eigenvalue weighted by Gasteiger charge is -2.31. The molecule has 0 aromatic carbocycles. The van der Waals surface area contributed by atoms with E-state index in [1.165, 1.54) is 51.6 Å². The second-order valence-electron chi connectivity index (χ2n) is 5.34. The molecule has 2 unspecified atom stereocenters. The van der Waals surface area contributed by atoms with Gasteiger partial charge in [0.05, 0.1) is 0 Å². The molecular weight excluding hydrogens is 226 g/mol. The van der Waals surface area contributed by atoms with Crippen LogP contribution in [0, 0.1) is 11.8 Å². The first kappa shape index (κ1) is 13.1. The first-order chi connectivity index (χ1) is 8.40. The number of hydrogen-bond acceptors (Lipinski definition) is 2. The van der Waals surface area contributed by atoms with Gasteiger partial charge in [0, 0.05) is 0 Å². The Balaban J connectivity index is 1.83. The third-order valence-electron chi connectivity index (χ3n) is 3.98. The average molecular weight is 251 g/mol. The molecule has 0 aliphatic heterocycles. The molecule has 0 amide bonds. The van der Waals surface area contributed by atoms with Crippen LogP contribution in [0.25, 0.3) is 0 Å². The van der Waals surface area contributed by atoms with Gasteiger partial charge in [-0.25, -0.2) is 0 Å². The van der Waals surface area contributed by atoms with E-state index in [0.717, 1.165) is 11.8 Å². The minimum Gasteiger partial charge on any atom is -0.316 e. The summed E-state index contributed by atoms with van der Waals surface area (Å²) >= 11 is 1.84. The van der Waals surface area contributed by atoms with Gasteiger partial charge in [-0.05, 0) is 73.0 Å². The van der Waals surface area contributed by atoms with Crippen molar-refractivity contribution < 1.29 is 0 Å². The molecule has 1 saturated carbocycles. The van der Waals surface area contributed by atoms with Crippen LogP contribution < -0.4 is 5.32 Å². The Labute approximate surface area is 110 Å². The van der Waals surface area contributed by atoms with E-state index in [1.54, 1.807) is 5.56 Å². The normalized spacial score (nSPS) is 25.0. The molecule has 2 rings (SSSR count). The first-order valence-corrected chi connectivity index (χ1v) is 8.06. The Hall–Kier alpha value is -0.340. The van der Waals surface area contributed by atoms with Gasteiger partial charge in [-0.3, -0.25) is 0 Å². The molecule has 1 nitrogen and oxygen atoms in total. The van der Waals surface area contributed by atoms with E-state index in [-0.39, 0.29) is 0 Å². The molecule has 0 radical (unpaired) electrons. The van der Waals surface area contributed by atoms with Crippen molar-refractivity contribution in [2.45, 2.75) is 45.4 Å². The molecule has 1 aliphatic rings. The molecule has 0 bridgehead atoms. The zero-order valence-corrected chi connectivity index (χ0v) is 11.8. The van der Waals surface area contributed by atoms with Gasteiger partial charge in [-0.2, -0.15) is 11.3 Å². The Bertz CT molecular complexity index is 294. The maximum absolute atomic E-state index is 3.62. The largest absolute Gasteiger partial charge is 0.316 e. The minimum absolute atomic E-state index is 0.912. The number of thiophene rings is 1. The van der Waals surface area contributed by atoms with Gasteiger partial charge >= 0.3 is 0 Å². The maximum atomic E-state index is 3.62. The quantitative estimate of drug-likeness (QED) is 0.751. The zero-order chi connectivity index (χ0) is 11.9. The highest BCUT2D eigenvalue weighted by Gasteiger charge is 2.24. The third-order valence-corrected chi connectivity index (χ3v) is 4.71. The van der Waals surface area contributed by atoms with Gasteiger partial charge in [-0.1, -0.05) is 19.8 Å². The van der Waals surface area contributed by atoms with Crippen molar-refractivity contribution in [1.82, 2.24) is 5.32 Å². The van der Waals surface area contributed by atoms with Crippen LogP contribution in [0.3, 0.4) is 0 Å². The minimum atomic E-state index is 0.912. The van der Waals surface area contributed by atoms with Crippen LogP contribution in [0.1, 0.15) is 44.6 Å². The summed E-state index contributed by atoms with van der Waals surface area (Å²) in [5.41, 5.74) is 1.56. The van der Waals surface area contributed by atoms with Crippen LogP contribution in [-0.2, 0) is 6.42 Å². The van der Waals surface area contributed by atoms with Gasteiger partial charge in [0.2, 0.25) is 0 Å². The van der Waals surface area contributed by atoms with Gasteiger partial charge < -0.3 is 5.32 Å². The standard InChI is InChI=1S/C15H25NS/c1-2-8-16-11-15-6-4-3-5-14(15)10-13-7-9-17-12-13/h7,9,12,14-16H,2-6,8,10-11H2,1H3. The molecule has 2 atom stereocenters. The van der Waals surface area contributed by atoms with E-state index in [1.807, 2.05) is 11.3 Å². The summed E-state index contributed by atoms with van der Waals surface area (Å²) in [5, 5.41) is 8.15. The van der Waals surface area contributed by atoms with Crippen molar-refractivity contribution >= 4 is 11.3 Å². The van der Waals surface area contributed by atoms with Gasteiger partial charge in [0.1, 0.15) is 0 Å². The maximum Gasteiger partial charge on any atom is -0.00178 e. The molecule has 96 valence electrons. The second-order valence-corrected chi connectivity index (χ2v) is 6.12. The van der Waals surface area contributed by atoms with Crippen molar-refractivity contribution in [2.75, 3.05) is 13.1 Å². The lowest BCUT2D eigenvalue weighted by molar-refractivity contribution is 0.229. The summed E-state index contributed by atoms with van der Waals surface area (Å²) in [5.74, 6) is 1.83. The first-order valence-electron chi connectivity index (χ1n) is 7.12. The molecule has 1 aromatic rings. The molecule has 0 saturated heterocycles. The summed E-state index contributed by atoms with van der Waals surface area (Å²) in [6.45, 7) is 4.67. The molecule has 1 aromatic heterocycles. The van der Waals surface area contributed by atoms with Crippen molar-refractivity contribution in [3.63, 3.8) is 0 Å². The van der Waals surface area contributed by atoms with E-state index in [0.29, 0.717) is 0 Å². The fourth-order valence-corrected chi connectivity index (χ4v) is 3.68. The molecule has 0 spiro atoms. The number of nitrogens with one attached hydrogen (secondary N) is 1. The topological polar surface area (TPSA) is 12.0 Å². The highest BCUT2D eigenvalue weighted by Crippen LogP contribution is 2.32. The second kappa shape index (κ2) is 7.17. The smallest absolute Gasteiger partial charge is 0.00178 e. The van der Waals surface area contributed by atoms with Crippen LogP contribution in [0.5, 0.6) is 0 Å². The van der Waals surface area contributed by atoms with Crippen molar-refractivity contribution in [2.24, 2.45) is 11.8 Å². The highest BCUT2D eigenvalue weighted by atomic mass is 32.1. The summed E-state index contributed by atoms with van der Waals surface area (Å²) in [6.07, 6.45) is 8.32. The summed E-state index contributed by atoms with van der Waals surface area (Å²) in [7, 11) is 0. The molecule has 17 heavy (non-hydrogen) atoms. The number of rotatable bonds is 6. The van der Waals surface area contributed by atoms with Crippen LogP contribution in [-0.4, -0.2) is 13.1 Å². The van der Waals surface area contributed by atoms with Crippen LogP contribution in [0.15, 0.2) is 16.8 Å². The molecule has 1 heterocycles. The van der Waals surface area contributed by atoms with E-state index >= 15 is 0 Å². The van der Waals surface area contributed by atoms with E-state index in [9.17, 15) is 0 Å². The fourth-order valence-electron chi connectivity index (χ4n) is 3.00. The monoisotopic (exact) mass is 251 g/mol. The van der Waals surface area contributed by atoms with Crippen molar-refractivity contribution in [1.29, 1.82) is 0 Å². The summed E-state index contributed by atoms with van der Waals surface area (Å²) in [4.78, 5) is 0. The predicted molar refractivity (Wildman–Crippen MR) is 76.6 cm³/mol. The van der Waals surface area contributed by atoms with Gasteiger partial charge in [0.15, 0.2) is 0 Å². The van der Waals surface area contributed by atoms with Gasteiger partial charge in [0.25, 0.3) is 0 Å². The highest BCUT2D eigenvalue weighted by molar-refractivity contribution is 7.07. The molecule has 1 aliphatic carbocycles.